The molecule has 6 nitrogen and oxygen atoms in total. The molecule has 1 aliphatic rings. The van der Waals surface area contributed by atoms with Gasteiger partial charge in [0, 0.05) is 25.7 Å². The van der Waals surface area contributed by atoms with Gasteiger partial charge in [-0.05, 0) is 40.3 Å². The van der Waals surface area contributed by atoms with Crippen molar-refractivity contribution in [2.75, 3.05) is 34.8 Å². The van der Waals surface area contributed by atoms with E-state index in [0.29, 0.717) is 6.04 Å². The van der Waals surface area contributed by atoms with Crippen LogP contribution >= 0.6 is 0 Å². The Morgan fingerprint density at radius 1 is 1.48 bits per heavy atom. The topological polar surface area (TPSA) is 57.2 Å². The largest absolute Gasteiger partial charge is 0.453 e. The van der Waals surface area contributed by atoms with Gasteiger partial charge in [-0.1, -0.05) is 19.8 Å². The molecule has 1 amide bonds. The molecule has 0 radical (unpaired) electrons. The van der Waals surface area contributed by atoms with Crippen molar-refractivity contribution < 1.29 is 9.53 Å². The van der Waals surface area contributed by atoms with Gasteiger partial charge in [0.1, 0.15) is 11.9 Å². The summed E-state index contributed by atoms with van der Waals surface area (Å²) in [7, 11) is 7.25. The summed E-state index contributed by atoms with van der Waals surface area (Å²) in [6, 6.07) is 0.481. The van der Waals surface area contributed by atoms with E-state index < -0.39 is 6.09 Å². The van der Waals surface area contributed by atoms with Gasteiger partial charge >= 0.3 is 6.09 Å². The first kappa shape index (κ1) is 19.7. The Bertz CT molecular complexity index is 398. The third-order valence-corrected chi connectivity index (χ3v) is 4.83. The number of aliphatic imine (C=N–C) groups is 1. The Kier molecular flexibility index (Phi) is 8.37. The molecule has 0 aromatic heterocycles. The predicted octanol–water partition coefficient (Wildman–Crippen LogP) is 2.34. The Hall–Kier alpha value is -1.30. The van der Waals surface area contributed by atoms with E-state index >= 15 is 0 Å². The fraction of sp³-hybridized carbons (Fsp3) is 0.882. The van der Waals surface area contributed by atoms with Gasteiger partial charge in [0.15, 0.2) is 0 Å². The number of likely N-dealkylation sites (N-methyl/N-ethyl adjacent to an activating group) is 1. The first-order valence-corrected chi connectivity index (χ1v) is 8.70. The van der Waals surface area contributed by atoms with Gasteiger partial charge in [0.2, 0.25) is 0 Å². The summed E-state index contributed by atoms with van der Waals surface area (Å²) in [5.41, 5.74) is 0. The Balaban J connectivity index is 2.97. The van der Waals surface area contributed by atoms with Crippen LogP contribution in [-0.4, -0.2) is 74.7 Å². The monoisotopic (exact) mass is 326 g/mol. The van der Waals surface area contributed by atoms with Crippen LogP contribution in [0.1, 0.15) is 46.0 Å². The van der Waals surface area contributed by atoms with Crippen LogP contribution in [-0.2, 0) is 4.74 Å². The fourth-order valence-corrected chi connectivity index (χ4v) is 3.21. The predicted molar refractivity (Wildman–Crippen MR) is 95.1 cm³/mol. The van der Waals surface area contributed by atoms with Gasteiger partial charge in [-0.2, -0.15) is 0 Å². The molecule has 1 rings (SSSR count). The van der Waals surface area contributed by atoms with Gasteiger partial charge < -0.3 is 19.9 Å². The van der Waals surface area contributed by atoms with Crippen LogP contribution < -0.4 is 5.32 Å². The third-order valence-electron chi connectivity index (χ3n) is 4.83. The molecule has 0 spiro atoms. The summed E-state index contributed by atoms with van der Waals surface area (Å²) in [6.07, 6.45) is 5.62. The maximum atomic E-state index is 11.8. The highest BCUT2D eigenvalue weighted by atomic mass is 16.5. The van der Waals surface area contributed by atoms with E-state index in [-0.39, 0.29) is 12.1 Å². The van der Waals surface area contributed by atoms with Crippen molar-refractivity contribution in [2.45, 2.75) is 64.1 Å². The standard InChI is InChI=1S/C17H34N4O2/c1-7-8-10-14-11-9-12-21(14)16(18-3)15(13(2)20(4)5)19-17(22)23-6/h13-15H,7-12H2,1-6H3,(H,19,22)/t13?,14-,15?/m0/s1. The van der Waals surface area contributed by atoms with E-state index in [0.717, 1.165) is 12.4 Å². The number of unbranched alkanes of at least 4 members (excludes halogenated alkanes) is 1. The molecule has 1 heterocycles. The first-order valence-electron chi connectivity index (χ1n) is 8.70. The third kappa shape index (κ3) is 5.37. The van der Waals surface area contributed by atoms with Crippen molar-refractivity contribution in [3.8, 4) is 0 Å². The lowest BCUT2D eigenvalue weighted by Gasteiger charge is -2.37. The van der Waals surface area contributed by atoms with E-state index in [9.17, 15) is 4.79 Å². The summed E-state index contributed by atoms with van der Waals surface area (Å²) < 4.78 is 4.82. The molecule has 1 aliphatic heterocycles. The Morgan fingerprint density at radius 3 is 2.70 bits per heavy atom. The molecule has 3 atom stereocenters. The number of nitrogens with zero attached hydrogens (tertiary/aromatic N) is 3. The molecule has 1 N–H and O–H groups in total. The van der Waals surface area contributed by atoms with Crippen molar-refractivity contribution in [1.29, 1.82) is 0 Å². The zero-order valence-electron chi connectivity index (χ0n) is 15.6. The van der Waals surface area contributed by atoms with E-state index in [1.165, 1.54) is 39.2 Å². The van der Waals surface area contributed by atoms with Gasteiger partial charge in [-0.3, -0.25) is 4.99 Å². The molecule has 2 unspecified atom stereocenters. The van der Waals surface area contributed by atoms with Gasteiger partial charge in [0.05, 0.1) is 7.11 Å². The van der Waals surface area contributed by atoms with Crippen LogP contribution in [0.2, 0.25) is 0 Å². The van der Waals surface area contributed by atoms with Gasteiger partial charge in [0.25, 0.3) is 0 Å². The number of hydrogen-bond donors (Lipinski definition) is 1. The minimum absolute atomic E-state index is 0.125. The van der Waals surface area contributed by atoms with Crippen molar-refractivity contribution >= 4 is 11.9 Å². The van der Waals surface area contributed by atoms with Crippen LogP contribution in [0.25, 0.3) is 0 Å². The summed E-state index contributed by atoms with van der Waals surface area (Å²) in [6.45, 7) is 5.34. The number of ether oxygens (including phenoxy) is 1. The second kappa shape index (κ2) is 9.75. The van der Waals surface area contributed by atoms with Crippen LogP contribution in [0.15, 0.2) is 4.99 Å². The molecule has 23 heavy (non-hydrogen) atoms. The van der Waals surface area contributed by atoms with Crippen molar-refractivity contribution in [1.82, 2.24) is 15.1 Å². The smallest absolute Gasteiger partial charge is 0.407 e. The number of amides is 1. The number of methoxy groups -OCH3 is 1. The molecule has 1 fully saturated rings. The summed E-state index contributed by atoms with van der Waals surface area (Å²) >= 11 is 0. The highest BCUT2D eigenvalue weighted by molar-refractivity contribution is 5.91. The zero-order chi connectivity index (χ0) is 17.4. The highest BCUT2D eigenvalue weighted by Crippen LogP contribution is 2.24. The zero-order valence-corrected chi connectivity index (χ0v) is 15.6. The number of rotatable bonds is 7. The molecule has 0 aliphatic carbocycles. The number of amidine groups is 1. The summed E-state index contributed by atoms with van der Waals surface area (Å²) in [5, 5.41) is 2.98. The van der Waals surface area contributed by atoms with Crippen LogP contribution in [0, 0.1) is 0 Å². The van der Waals surface area contributed by atoms with Crippen LogP contribution in [0.3, 0.4) is 0 Å². The summed E-state index contributed by atoms with van der Waals surface area (Å²) in [4.78, 5) is 20.9. The molecule has 0 aromatic rings. The molecule has 0 aromatic carbocycles. The lowest BCUT2D eigenvalue weighted by Crippen LogP contribution is -2.58. The van der Waals surface area contributed by atoms with E-state index in [4.69, 9.17) is 4.74 Å². The van der Waals surface area contributed by atoms with Crippen molar-refractivity contribution in [3.05, 3.63) is 0 Å². The summed E-state index contributed by atoms with van der Waals surface area (Å²) in [5.74, 6) is 0.968. The second-order valence-corrected chi connectivity index (χ2v) is 6.53. The second-order valence-electron chi connectivity index (χ2n) is 6.53. The lowest BCUT2D eigenvalue weighted by atomic mass is 10.0. The number of carbonyl (C=O) groups excluding carboxylic acids is 1. The SMILES string of the molecule is CCCC[C@H]1CCCN1C(=NC)C(NC(=O)OC)C(C)N(C)C. The van der Waals surface area contributed by atoms with E-state index in [2.05, 4.69) is 34.0 Å². The Labute approximate surface area is 141 Å². The number of nitrogens with one attached hydrogen (secondary N) is 1. The maximum absolute atomic E-state index is 11.8. The fourth-order valence-electron chi connectivity index (χ4n) is 3.21. The van der Waals surface area contributed by atoms with Gasteiger partial charge in [-0.25, -0.2) is 4.79 Å². The average molecular weight is 326 g/mol. The quantitative estimate of drug-likeness (QED) is 0.576. The van der Waals surface area contributed by atoms with E-state index in [1.54, 1.807) is 0 Å². The molecule has 6 heteroatoms. The lowest BCUT2D eigenvalue weighted by molar-refractivity contribution is 0.161. The maximum Gasteiger partial charge on any atom is 0.407 e. The number of carbonyl (C=O) groups is 1. The minimum Gasteiger partial charge on any atom is -0.453 e. The number of hydrogen-bond acceptors (Lipinski definition) is 4. The molecule has 0 saturated carbocycles. The molecule has 0 bridgehead atoms. The average Bonchev–Trinajstić information content (AvgIpc) is 2.99. The van der Waals surface area contributed by atoms with Crippen molar-refractivity contribution in [2.24, 2.45) is 4.99 Å². The molecular formula is C17H34N4O2. The normalized spacial score (nSPS) is 21.4. The molecule has 134 valence electrons. The highest BCUT2D eigenvalue weighted by Gasteiger charge is 2.35. The Morgan fingerprint density at radius 2 is 2.17 bits per heavy atom. The van der Waals surface area contributed by atoms with E-state index in [1.807, 2.05) is 21.1 Å². The minimum atomic E-state index is -0.408. The van der Waals surface area contributed by atoms with Crippen LogP contribution in [0.5, 0.6) is 0 Å². The van der Waals surface area contributed by atoms with Crippen molar-refractivity contribution in [3.63, 3.8) is 0 Å². The number of likely N-dealkylation sites (tertiary alicyclic amines) is 1. The van der Waals surface area contributed by atoms with Crippen LogP contribution in [0.4, 0.5) is 4.79 Å². The first-order chi connectivity index (χ1) is 11.0. The molecular weight excluding hydrogens is 292 g/mol. The van der Waals surface area contributed by atoms with Gasteiger partial charge in [-0.15, -0.1) is 0 Å². The molecule has 1 saturated heterocycles. The number of alkyl carbamates (subject to hydrolysis) is 1.